The summed E-state index contributed by atoms with van der Waals surface area (Å²) in [6.45, 7) is 2.56. The second-order valence-corrected chi connectivity index (χ2v) is 8.48. The summed E-state index contributed by atoms with van der Waals surface area (Å²) in [6.07, 6.45) is 2.69. The van der Waals surface area contributed by atoms with Gasteiger partial charge in [-0.15, -0.1) is 0 Å². The van der Waals surface area contributed by atoms with Crippen molar-refractivity contribution in [3.8, 4) is 5.75 Å². The molecule has 3 rings (SSSR count). The van der Waals surface area contributed by atoms with E-state index in [0.717, 1.165) is 24.8 Å². The molecule has 0 spiro atoms. The van der Waals surface area contributed by atoms with Gasteiger partial charge >= 0.3 is 0 Å². The molecule has 140 valence electrons. The molecular weight excluding hydrogens is 350 g/mol. The highest BCUT2D eigenvalue weighted by molar-refractivity contribution is 7.89. The minimum absolute atomic E-state index is 0.0436. The molecule has 1 aliphatic rings. The Morgan fingerprint density at radius 2 is 1.77 bits per heavy atom. The van der Waals surface area contributed by atoms with Gasteiger partial charge in [0.15, 0.2) is 0 Å². The molecule has 0 heterocycles. The van der Waals surface area contributed by atoms with Crippen molar-refractivity contribution in [2.45, 2.75) is 36.7 Å². The van der Waals surface area contributed by atoms with Gasteiger partial charge in [0.05, 0.1) is 11.5 Å². The van der Waals surface area contributed by atoms with Gasteiger partial charge in [-0.2, -0.15) is 0 Å². The summed E-state index contributed by atoms with van der Waals surface area (Å²) in [6, 6.07) is 15.6. The summed E-state index contributed by atoms with van der Waals surface area (Å²) in [7, 11) is -3.71. The van der Waals surface area contributed by atoms with E-state index in [2.05, 4.69) is 4.72 Å². The zero-order chi connectivity index (χ0) is 18.6. The lowest BCUT2D eigenvalue weighted by molar-refractivity contribution is 0.0185. The van der Waals surface area contributed by atoms with E-state index in [9.17, 15) is 13.5 Å². The normalized spacial score (nSPS) is 16.8. The van der Waals surface area contributed by atoms with E-state index in [4.69, 9.17) is 4.74 Å². The fourth-order valence-electron chi connectivity index (χ4n) is 2.99. The molecule has 1 fully saturated rings. The number of rotatable bonds is 9. The maximum Gasteiger partial charge on any atom is 0.240 e. The van der Waals surface area contributed by atoms with Crippen molar-refractivity contribution in [2.75, 3.05) is 13.2 Å². The van der Waals surface area contributed by atoms with Gasteiger partial charge in [0.25, 0.3) is 0 Å². The first-order chi connectivity index (χ1) is 12.5. The Hall–Kier alpha value is -1.89. The fourth-order valence-corrected chi connectivity index (χ4v) is 4.06. The lowest BCUT2D eigenvalue weighted by Gasteiger charge is -2.29. The first-order valence-electron chi connectivity index (χ1n) is 8.96. The second kappa shape index (κ2) is 7.78. The van der Waals surface area contributed by atoms with Crippen molar-refractivity contribution in [2.24, 2.45) is 5.92 Å². The summed E-state index contributed by atoms with van der Waals surface area (Å²) in [5, 5.41) is 11.1. The number of sulfonamides is 1. The van der Waals surface area contributed by atoms with Gasteiger partial charge in [0.1, 0.15) is 11.4 Å². The standard InChI is InChI=1S/C20H25NO4S/c1-2-14-25-18-10-12-19(13-11-18)26(23,24)21-15-20(22,17-8-9-17)16-6-4-3-5-7-16/h3-7,10-13,17,21-22H,2,8-9,14-15H2,1H3. The van der Waals surface area contributed by atoms with Gasteiger partial charge in [-0.3, -0.25) is 0 Å². The number of hydrogen-bond acceptors (Lipinski definition) is 4. The van der Waals surface area contributed by atoms with Crippen LogP contribution in [-0.4, -0.2) is 26.7 Å². The summed E-state index contributed by atoms with van der Waals surface area (Å²) in [4.78, 5) is 0.160. The predicted molar refractivity (Wildman–Crippen MR) is 100 cm³/mol. The molecule has 1 unspecified atom stereocenters. The van der Waals surface area contributed by atoms with E-state index in [1.54, 1.807) is 12.1 Å². The number of nitrogens with one attached hydrogen (secondary N) is 1. The zero-order valence-corrected chi connectivity index (χ0v) is 15.7. The molecular formula is C20H25NO4S. The molecule has 2 aromatic rings. The van der Waals surface area contributed by atoms with Gasteiger partial charge < -0.3 is 9.84 Å². The van der Waals surface area contributed by atoms with Crippen molar-refractivity contribution in [1.29, 1.82) is 0 Å². The van der Waals surface area contributed by atoms with E-state index >= 15 is 0 Å². The minimum Gasteiger partial charge on any atom is -0.494 e. The largest absolute Gasteiger partial charge is 0.494 e. The molecule has 1 saturated carbocycles. The van der Waals surface area contributed by atoms with Crippen LogP contribution in [0.5, 0.6) is 5.75 Å². The lowest BCUT2D eigenvalue weighted by atomic mass is 9.89. The number of hydrogen-bond donors (Lipinski definition) is 2. The van der Waals surface area contributed by atoms with Crippen LogP contribution in [-0.2, 0) is 15.6 Å². The molecule has 1 aliphatic carbocycles. The molecule has 0 aliphatic heterocycles. The number of aliphatic hydroxyl groups is 1. The van der Waals surface area contributed by atoms with E-state index < -0.39 is 15.6 Å². The second-order valence-electron chi connectivity index (χ2n) is 6.71. The SMILES string of the molecule is CCCOc1ccc(S(=O)(=O)NCC(O)(c2ccccc2)C2CC2)cc1. The molecule has 2 aromatic carbocycles. The van der Waals surface area contributed by atoms with Crippen LogP contribution in [0.1, 0.15) is 31.7 Å². The molecule has 6 heteroatoms. The highest BCUT2D eigenvalue weighted by Crippen LogP contribution is 2.45. The maximum absolute atomic E-state index is 12.6. The average molecular weight is 375 g/mol. The molecule has 0 bridgehead atoms. The first kappa shape index (κ1) is 18.9. The smallest absolute Gasteiger partial charge is 0.240 e. The van der Waals surface area contributed by atoms with Crippen LogP contribution in [0.4, 0.5) is 0 Å². The van der Waals surface area contributed by atoms with Crippen molar-refractivity contribution < 1.29 is 18.3 Å². The third-order valence-electron chi connectivity index (χ3n) is 4.66. The molecule has 0 amide bonds. The quantitative estimate of drug-likeness (QED) is 0.706. The van der Waals surface area contributed by atoms with E-state index in [1.165, 1.54) is 12.1 Å². The highest BCUT2D eigenvalue weighted by atomic mass is 32.2. The monoisotopic (exact) mass is 375 g/mol. The Labute approximate surface area is 155 Å². The summed E-state index contributed by atoms with van der Waals surface area (Å²) in [5.41, 5.74) is -0.438. The van der Waals surface area contributed by atoms with Gasteiger partial charge in [-0.25, -0.2) is 13.1 Å². The minimum atomic E-state index is -3.71. The number of ether oxygens (including phenoxy) is 1. The van der Waals surface area contributed by atoms with Crippen molar-refractivity contribution in [1.82, 2.24) is 4.72 Å². The topological polar surface area (TPSA) is 75.6 Å². The highest BCUT2D eigenvalue weighted by Gasteiger charge is 2.45. The third-order valence-corrected chi connectivity index (χ3v) is 6.08. The van der Waals surface area contributed by atoms with Crippen LogP contribution >= 0.6 is 0 Å². The van der Waals surface area contributed by atoms with E-state index in [-0.39, 0.29) is 17.4 Å². The first-order valence-corrected chi connectivity index (χ1v) is 10.4. The molecule has 1 atom stereocenters. The van der Waals surface area contributed by atoms with Crippen LogP contribution in [0.25, 0.3) is 0 Å². The number of benzene rings is 2. The van der Waals surface area contributed by atoms with Gasteiger partial charge in [0, 0.05) is 6.54 Å². The summed E-state index contributed by atoms with van der Waals surface area (Å²) in [5.74, 6) is 0.724. The van der Waals surface area contributed by atoms with Crippen LogP contribution < -0.4 is 9.46 Å². The Kier molecular flexibility index (Phi) is 5.65. The summed E-state index contributed by atoms with van der Waals surface area (Å²) >= 11 is 0. The average Bonchev–Trinajstić information content (AvgIpc) is 3.51. The molecule has 0 radical (unpaired) electrons. The van der Waals surface area contributed by atoms with Crippen LogP contribution in [0.3, 0.4) is 0 Å². The van der Waals surface area contributed by atoms with Crippen molar-refractivity contribution in [3.05, 3.63) is 60.2 Å². The van der Waals surface area contributed by atoms with Crippen LogP contribution in [0.15, 0.2) is 59.5 Å². The van der Waals surface area contributed by atoms with Crippen molar-refractivity contribution in [3.63, 3.8) is 0 Å². The summed E-state index contributed by atoms with van der Waals surface area (Å²) < 4.78 is 33.3. The van der Waals surface area contributed by atoms with E-state index in [1.807, 2.05) is 37.3 Å². The predicted octanol–water partition coefficient (Wildman–Crippen LogP) is 3.05. The molecule has 5 nitrogen and oxygen atoms in total. The maximum atomic E-state index is 12.6. The van der Waals surface area contributed by atoms with Gasteiger partial charge in [-0.05, 0) is 55.0 Å². The lowest BCUT2D eigenvalue weighted by Crippen LogP contribution is -2.42. The third kappa shape index (κ3) is 4.26. The Balaban J connectivity index is 1.72. The Morgan fingerprint density at radius 3 is 2.35 bits per heavy atom. The molecule has 0 saturated heterocycles. The molecule has 0 aromatic heterocycles. The van der Waals surface area contributed by atoms with Gasteiger partial charge in [-0.1, -0.05) is 37.3 Å². The van der Waals surface area contributed by atoms with Crippen LogP contribution in [0.2, 0.25) is 0 Å². The van der Waals surface area contributed by atoms with Crippen molar-refractivity contribution >= 4 is 10.0 Å². The Morgan fingerprint density at radius 1 is 1.12 bits per heavy atom. The van der Waals surface area contributed by atoms with Gasteiger partial charge in [0.2, 0.25) is 10.0 Å². The fraction of sp³-hybridized carbons (Fsp3) is 0.400. The zero-order valence-electron chi connectivity index (χ0n) is 14.9. The van der Waals surface area contributed by atoms with Crippen LogP contribution in [0, 0.1) is 5.92 Å². The molecule has 26 heavy (non-hydrogen) atoms. The molecule has 2 N–H and O–H groups in total. The Bertz CT molecular complexity index is 817. The van der Waals surface area contributed by atoms with E-state index in [0.29, 0.717) is 12.4 Å².